The summed E-state index contributed by atoms with van der Waals surface area (Å²) in [6.45, 7) is 3.97. The predicted octanol–water partition coefficient (Wildman–Crippen LogP) is 1.66. The first-order valence-corrected chi connectivity index (χ1v) is 8.83. The molecule has 4 nitrogen and oxygen atoms in total. The number of hydrogen-bond donors (Lipinski definition) is 2. The van der Waals surface area contributed by atoms with E-state index in [2.05, 4.69) is 10.0 Å². The minimum atomic E-state index is -3.39. The summed E-state index contributed by atoms with van der Waals surface area (Å²) >= 11 is 0. The summed E-state index contributed by atoms with van der Waals surface area (Å²) in [5.41, 5.74) is 0.802. The van der Waals surface area contributed by atoms with Crippen molar-refractivity contribution in [2.24, 2.45) is 11.8 Å². The Morgan fingerprint density at radius 3 is 2.70 bits per heavy atom. The highest BCUT2D eigenvalue weighted by atomic mass is 32.2. The molecule has 3 atom stereocenters. The van der Waals surface area contributed by atoms with E-state index in [0.717, 1.165) is 43.8 Å². The molecule has 0 spiro atoms. The smallest absolute Gasteiger partial charge is 0.241 e. The van der Waals surface area contributed by atoms with Gasteiger partial charge in [-0.05, 0) is 62.7 Å². The van der Waals surface area contributed by atoms with Gasteiger partial charge in [0.15, 0.2) is 0 Å². The van der Waals surface area contributed by atoms with E-state index < -0.39 is 10.0 Å². The van der Waals surface area contributed by atoms with Crippen LogP contribution in [0.1, 0.15) is 24.8 Å². The Balaban J connectivity index is 1.72. The van der Waals surface area contributed by atoms with E-state index in [4.69, 9.17) is 0 Å². The van der Waals surface area contributed by atoms with E-state index in [1.165, 1.54) is 0 Å². The first kappa shape index (κ1) is 14.0. The highest BCUT2D eigenvalue weighted by molar-refractivity contribution is 7.89. The molecule has 3 rings (SSSR count). The lowest BCUT2D eigenvalue weighted by Crippen LogP contribution is -2.40. The number of aryl methyl sites for hydroxylation is 1. The van der Waals surface area contributed by atoms with Crippen molar-refractivity contribution >= 4 is 10.0 Å². The van der Waals surface area contributed by atoms with Crippen LogP contribution in [0.25, 0.3) is 0 Å². The molecule has 0 bridgehead atoms. The molecule has 1 saturated carbocycles. The van der Waals surface area contributed by atoms with Gasteiger partial charge in [0.2, 0.25) is 10.0 Å². The molecule has 0 amide bonds. The minimum Gasteiger partial charge on any atom is -0.316 e. The summed E-state index contributed by atoms with van der Waals surface area (Å²) in [5, 5.41) is 3.41. The normalized spacial score (nSPS) is 30.1. The maximum atomic E-state index is 12.5. The zero-order valence-electron chi connectivity index (χ0n) is 11.8. The molecule has 1 aromatic rings. The molecule has 0 radical (unpaired) electrons. The summed E-state index contributed by atoms with van der Waals surface area (Å²) in [6.07, 6.45) is 3.04. The average molecular weight is 294 g/mol. The van der Waals surface area contributed by atoms with Crippen LogP contribution in [0.5, 0.6) is 0 Å². The van der Waals surface area contributed by atoms with Crippen molar-refractivity contribution in [1.29, 1.82) is 0 Å². The summed E-state index contributed by atoms with van der Waals surface area (Å²) in [4.78, 5) is 0.409. The topological polar surface area (TPSA) is 58.2 Å². The van der Waals surface area contributed by atoms with Crippen LogP contribution in [-0.4, -0.2) is 27.5 Å². The average Bonchev–Trinajstić information content (AvgIpc) is 2.86. The second kappa shape index (κ2) is 5.47. The zero-order chi connectivity index (χ0) is 14.2. The Bertz CT molecular complexity index is 585. The molecule has 110 valence electrons. The maximum Gasteiger partial charge on any atom is 0.241 e. The lowest BCUT2D eigenvalue weighted by atomic mass is 9.79. The van der Waals surface area contributed by atoms with E-state index >= 15 is 0 Å². The van der Waals surface area contributed by atoms with Crippen molar-refractivity contribution in [2.45, 2.75) is 37.1 Å². The van der Waals surface area contributed by atoms with E-state index in [1.54, 1.807) is 12.1 Å². The van der Waals surface area contributed by atoms with Gasteiger partial charge in [-0.3, -0.25) is 0 Å². The van der Waals surface area contributed by atoms with Gasteiger partial charge < -0.3 is 5.32 Å². The third kappa shape index (κ3) is 2.75. The fraction of sp³-hybridized carbons (Fsp3) is 0.600. The van der Waals surface area contributed by atoms with E-state index in [1.807, 2.05) is 19.1 Å². The third-order valence-electron chi connectivity index (χ3n) is 4.66. The van der Waals surface area contributed by atoms with Crippen molar-refractivity contribution in [3.63, 3.8) is 0 Å². The Morgan fingerprint density at radius 1 is 1.15 bits per heavy atom. The van der Waals surface area contributed by atoms with E-state index in [9.17, 15) is 8.42 Å². The van der Waals surface area contributed by atoms with Crippen molar-refractivity contribution in [3.8, 4) is 0 Å². The second-order valence-electron chi connectivity index (χ2n) is 6.08. The molecular formula is C15H22N2O2S. The van der Waals surface area contributed by atoms with Crippen molar-refractivity contribution in [3.05, 3.63) is 29.8 Å². The van der Waals surface area contributed by atoms with E-state index in [0.29, 0.717) is 10.8 Å². The molecule has 0 aromatic heterocycles. The van der Waals surface area contributed by atoms with Crippen LogP contribution in [0.2, 0.25) is 0 Å². The monoisotopic (exact) mass is 294 g/mol. The summed E-state index contributed by atoms with van der Waals surface area (Å²) in [6, 6.07) is 7.25. The lowest BCUT2D eigenvalue weighted by molar-refractivity contribution is 0.260. The SMILES string of the molecule is Cc1ccccc1S(=O)(=O)NC1CC[C@H]2CNC[C@H]2C1. The van der Waals surface area contributed by atoms with Gasteiger partial charge in [-0.25, -0.2) is 13.1 Å². The van der Waals surface area contributed by atoms with Crippen molar-refractivity contribution < 1.29 is 8.42 Å². The third-order valence-corrected chi connectivity index (χ3v) is 6.34. The molecule has 2 N–H and O–H groups in total. The van der Waals surface area contributed by atoms with Gasteiger partial charge >= 0.3 is 0 Å². The number of nitrogens with one attached hydrogen (secondary N) is 2. The first-order valence-electron chi connectivity index (χ1n) is 7.35. The standard InChI is InChI=1S/C15H22N2O2S/c1-11-4-2-3-5-15(11)20(18,19)17-14-7-6-12-9-16-10-13(12)8-14/h2-5,12-14,16-17H,6-10H2,1H3/t12-,13+,14?/m0/s1. The number of rotatable bonds is 3. The Kier molecular flexibility index (Phi) is 3.84. The number of hydrogen-bond acceptors (Lipinski definition) is 3. The lowest BCUT2D eigenvalue weighted by Gasteiger charge is -2.31. The molecule has 1 saturated heterocycles. The van der Waals surface area contributed by atoms with Gasteiger partial charge in [-0.1, -0.05) is 18.2 Å². The first-order chi connectivity index (χ1) is 9.56. The second-order valence-corrected chi connectivity index (χ2v) is 7.76. The molecule has 2 aliphatic rings. The van der Waals surface area contributed by atoms with Crippen LogP contribution < -0.4 is 10.0 Å². The molecule has 1 aliphatic heterocycles. The van der Waals surface area contributed by atoms with Crippen molar-refractivity contribution in [1.82, 2.24) is 10.0 Å². The predicted molar refractivity (Wildman–Crippen MR) is 79.0 cm³/mol. The molecule has 2 fully saturated rings. The zero-order valence-corrected chi connectivity index (χ0v) is 12.6. The van der Waals surface area contributed by atoms with Gasteiger partial charge in [0.25, 0.3) is 0 Å². The van der Waals surface area contributed by atoms with Gasteiger partial charge in [-0.15, -0.1) is 0 Å². The highest BCUT2D eigenvalue weighted by Crippen LogP contribution is 2.33. The summed E-state index contributed by atoms with van der Waals surface area (Å²) in [5.74, 6) is 1.38. The number of benzene rings is 1. The largest absolute Gasteiger partial charge is 0.316 e. The molecule has 1 aliphatic carbocycles. The molecule has 5 heteroatoms. The van der Waals surface area contributed by atoms with Gasteiger partial charge in [0.05, 0.1) is 4.90 Å². The molecule has 1 heterocycles. The fourth-order valence-corrected chi connectivity index (χ4v) is 5.08. The maximum absolute atomic E-state index is 12.5. The summed E-state index contributed by atoms with van der Waals surface area (Å²) in [7, 11) is -3.39. The summed E-state index contributed by atoms with van der Waals surface area (Å²) < 4.78 is 27.9. The van der Waals surface area contributed by atoms with Gasteiger partial charge in [0.1, 0.15) is 0 Å². The van der Waals surface area contributed by atoms with Crippen LogP contribution in [0, 0.1) is 18.8 Å². The number of fused-ring (bicyclic) bond motifs is 1. The Labute approximate surface area is 121 Å². The molecule has 20 heavy (non-hydrogen) atoms. The Hall–Kier alpha value is -0.910. The van der Waals surface area contributed by atoms with E-state index in [-0.39, 0.29) is 6.04 Å². The minimum absolute atomic E-state index is 0.0840. The van der Waals surface area contributed by atoms with Crippen molar-refractivity contribution in [2.75, 3.05) is 13.1 Å². The molecule has 1 aromatic carbocycles. The van der Waals surface area contributed by atoms with Gasteiger partial charge in [0, 0.05) is 6.04 Å². The van der Waals surface area contributed by atoms with Gasteiger partial charge in [-0.2, -0.15) is 0 Å². The van der Waals surface area contributed by atoms with Crippen LogP contribution >= 0.6 is 0 Å². The fourth-order valence-electron chi connectivity index (χ4n) is 3.55. The highest BCUT2D eigenvalue weighted by Gasteiger charge is 2.35. The number of sulfonamides is 1. The van der Waals surface area contributed by atoms with Crippen LogP contribution in [-0.2, 0) is 10.0 Å². The van der Waals surface area contributed by atoms with Crippen LogP contribution in [0.3, 0.4) is 0 Å². The molecule has 1 unspecified atom stereocenters. The quantitative estimate of drug-likeness (QED) is 0.891. The Morgan fingerprint density at radius 2 is 1.90 bits per heavy atom. The van der Waals surface area contributed by atoms with Crippen LogP contribution in [0.4, 0.5) is 0 Å². The molecular weight excluding hydrogens is 272 g/mol. The van der Waals surface area contributed by atoms with Crippen LogP contribution in [0.15, 0.2) is 29.2 Å².